The van der Waals surface area contributed by atoms with Crippen molar-refractivity contribution >= 4 is 11.3 Å². The molecule has 2 rings (SSSR count). The molecule has 0 saturated heterocycles. The smallest absolute Gasteiger partial charge is 0.0795 e. The van der Waals surface area contributed by atoms with Crippen molar-refractivity contribution in [1.82, 2.24) is 9.88 Å². The molecule has 0 spiro atoms. The van der Waals surface area contributed by atoms with E-state index < -0.39 is 0 Å². The van der Waals surface area contributed by atoms with Crippen LogP contribution >= 0.6 is 11.3 Å². The third kappa shape index (κ3) is 3.63. The first-order valence-electron chi connectivity index (χ1n) is 5.61. The van der Waals surface area contributed by atoms with E-state index in [4.69, 9.17) is 5.73 Å². The van der Waals surface area contributed by atoms with Gasteiger partial charge >= 0.3 is 0 Å². The van der Waals surface area contributed by atoms with Crippen LogP contribution in [0.5, 0.6) is 0 Å². The number of thiazole rings is 1. The molecule has 0 aliphatic rings. The van der Waals surface area contributed by atoms with E-state index in [-0.39, 0.29) is 0 Å². The Morgan fingerprint density at radius 3 is 2.47 bits per heavy atom. The predicted molar refractivity (Wildman–Crippen MR) is 71.6 cm³/mol. The molecule has 0 amide bonds. The van der Waals surface area contributed by atoms with Gasteiger partial charge in [0.2, 0.25) is 0 Å². The van der Waals surface area contributed by atoms with Crippen LogP contribution in [0.1, 0.15) is 16.8 Å². The fraction of sp³-hybridized carbons (Fsp3) is 0.308. The van der Waals surface area contributed by atoms with Gasteiger partial charge in [0, 0.05) is 25.0 Å². The van der Waals surface area contributed by atoms with Gasteiger partial charge in [0.1, 0.15) is 0 Å². The zero-order chi connectivity index (χ0) is 12.1. The summed E-state index contributed by atoms with van der Waals surface area (Å²) in [5.74, 6) is 0. The monoisotopic (exact) mass is 247 g/mol. The molecule has 17 heavy (non-hydrogen) atoms. The van der Waals surface area contributed by atoms with Crippen LogP contribution in [-0.2, 0) is 19.6 Å². The second kappa shape index (κ2) is 5.91. The molecule has 90 valence electrons. The fourth-order valence-electron chi connectivity index (χ4n) is 1.74. The van der Waals surface area contributed by atoms with E-state index in [0.717, 1.165) is 18.8 Å². The summed E-state index contributed by atoms with van der Waals surface area (Å²) in [7, 11) is 2.11. The highest BCUT2D eigenvalue weighted by Gasteiger charge is 2.03. The quantitative estimate of drug-likeness (QED) is 0.881. The Hall–Kier alpha value is -1.23. The molecule has 0 atom stereocenters. The predicted octanol–water partition coefficient (Wildman–Crippen LogP) is 2.23. The van der Waals surface area contributed by atoms with Gasteiger partial charge in [-0.05, 0) is 18.2 Å². The van der Waals surface area contributed by atoms with E-state index in [1.54, 1.807) is 11.3 Å². The van der Waals surface area contributed by atoms with Crippen LogP contribution in [0, 0.1) is 0 Å². The van der Waals surface area contributed by atoms with Crippen LogP contribution in [0.15, 0.2) is 35.2 Å². The molecule has 1 aromatic carbocycles. The largest absolute Gasteiger partial charge is 0.326 e. The van der Waals surface area contributed by atoms with Crippen molar-refractivity contribution < 1.29 is 0 Å². The molecule has 0 radical (unpaired) electrons. The number of hydrogen-bond acceptors (Lipinski definition) is 4. The van der Waals surface area contributed by atoms with Gasteiger partial charge < -0.3 is 5.73 Å². The summed E-state index contributed by atoms with van der Waals surface area (Å²) >= 11 is 1.64. The molecule has 2 N–H and O–H groups in total. The van der Waals surface area contributed by atoms with Gasteiger partial charge in [-0.25, -0.2) is 4.98 Å². The van der Waals surface area contributed by atoms with E-state index >= 15 is 0 Å². The normalized spacial score (nSPS) is 11.0. The first-order chi connectivity index (χ1) is 8.28. The number of aromatic nitrogens is 1. The number of benzene rings is 1. The van der Waals surface area contributed by atoms with Gasteiger partial charge in [-0.3, -0.25) is 4.90 Å². The SMILES string of the molecule is CN(Cc1ccc(CN)cc1)Cc1cscn1. The Bertz CT molecular complexity index is 436. The maximum atomic E-state index is 5.57. The van der Waals surface area contributed by atoms with Crippen LogP contribution in [0.4, 0.5) is 0 Å². The Morgan fingerprint density at radius 1 is 1.18 bits per heavy atom. The topological polar surface area (TPSA) is 42.1 Å². The lowest BCUT2D eigenvalue weighted by Gasteiger charge is -2.15. The van der Waals surface area contributed by atoms with Gasteiger partial charge in [0.05, 0.1) is 11.2 Å². The minimum atomic E-state index is 0.606. The molecule has 1 heterocycles. The molecule has 3 nitrogen and oxygen atoms in total. The summed E-state index contributed by atoms with van der Waals surface area (Å²) < 4.78 is 0. The lowest BCUT2D eigenvalue weighted by atomic mass is 10.1. The average Bonchev–Trinajstić information content (AvgIpc) is 2.82. The molecule has 0 bridgehead atoms. The summed E-state index contributed by atoms with van der Waals surface area (Å²) in [4.78, 5) is 6.54. The summed E-state index contributed by atoms with van der Waals surface area (Å²) in [6, 6.07) is 8.46. The van der Waals surface area contributed by atoms with Crippen molar-refractivity contribution in [3.8, 4) is 0 Å². The zero-order valence-corrected chi connectivity index (χ0v) is 10.8. The lowest BCUT2D eigenvalue weighted by Crippen LogP contribution is -2.17. The number of rotatable bonds is 5. The van der Waals surface area contributed by atoms with Crippen molar-refractivity contribution in [2.24, 2.45) is 5.73 Å². The van der Waals surface area contributed by atoms with E-state index in [9.17, 15) is 0 Å². The molecule has 0 unspecified atom stereocenters. The maximum Gasteiger partial charge on any atom is 0.0795 e. The average molecular weight is 247 g/mol. The lowest BCUT2D eigenvalue weighted by molar-refractivity contribution is 0.316. The fourth-order valence-corrected chi connectivity index (χ4v) is 2.29. The van der Waals surface area contributed by atoms with Crippen LogP contribution in [0.2, 0.25) is 0 Å². The van der Waals surface area contributed by atoms with Crippen molar-refractivity contribution in [1.29, 1.82) is 0 Å². The standard InChI is InChI=1S/C13H17N3S/c1-16(8-13-9-17-10-15-13)7-12-4-2-11(6-14)3-5-12/h2-5,9-10H,6-8,14H2,1H3. The minimum absolute atomic E-state index is 0.606. The number of nitrogens with zero attached hydrogens (tertiary/aromatic N) is 2. The molecule has 1 aromatic heterocycles. The molecular weight excluding hydrogens is 230 g/mol. The van der Waals surface area contributed by atoms with Crippen LogP contribution < -0.4 is 5.73 Å². The second-order valence-corrected chi connectivity index (χ2v) is 4.89. The van der Waals surface area contributed by atoms with Gasteiger partial charge in [-0.15, -0.1) is 11.3 Å². The Morgan fingerprint density at radius 2 is 1.88 bits per heavy atom. The van der Waals surface area contributed by atoms with Gasteiger partial charge in [-0.2, -0.15) is 0 Å². The Labute approximate surface area is 106 Å². The highest BCUT2D eigenvalue weighted by Crippen LogP contribution is 2.09. The number of nitrogens with two attached hydrogens (primary N) is 1. The van der Waals surface area contributed by atoms with Gasteiger partial charge in [-0.1, -0.05) is 24.3 Å². The highest BCUT2D eigenvalue weighted by molar-refractivity contribution is 7.07. The Kier molecular flexibility index (Phi) is 4.25. The highest BCUT2D eigenvalue weighted by atomic mass is 32.1. The summed E-state index contributed by atoms with van der Waals surface area (Å²) in [5.41, 5.74) is 11.1. The third-order valence-electron chi connectivity index (χ3n) is 2.63. The summed E-state index contributed by atoms with van der Waals surface area (Å²) in [5, 5.41) is 2.09. The number of hydrogen-bond donors (Lipinski definition) is 1. The van der Waals surface area contributed by atoms with Crippen LogP contribution in [0.3, 0.4) is 0 Å². The molecule has 0 aliphatic carbocycles. The Balaban J connectivity index is 1.91. The van der Waals surface area contributed by atoms with E-state index in [1.807, 2.05) is 5.51 Å². The van der Waals surface area contributed by atoms with Crippen molar-refractivity contribution in [2.45, 2.75) is 19.6 Å². The molecule has 4 heteroatoms. The molecule has 2 aromatic rings. The molecule has 0 saturated carbocycles. The second-order valence-electron chi connectivity index (χ2n) is 4.17. The first kappa shape index (κ1) is 12.2. The van der Waals surface area contributed by atoms with E-state index in [2.05, 4.69) is 46.6 Å². The van der Waals surface area contributed by atoms with E-state index in [0.29, 0.717) is 6.54 Å². The molecule has 0 fully saturated rings. The molecule has 0 aliphatic heterocycles. The van der Waals surface area contributed by atoms with Gasteiger partial charge in [0.25, 0.3) is 0 Å². The van der Waals surface area contributed by atoms with E-state index in [1.165, 1.54) is 11.1 Å². The van der Waals surface area contributed by atoms with Crippen molar-refractivity contribution in [3.63, 3.8) is 0 Å². The minimum Gasteiger partial charge on any atom is -0.326 e. The van der Waals surface area contributed by atoms with Crippen molar-refractivity contribution in [2.75, 3.05) is 7.05 Å². The third-order valence-corrected chi connectivity index (χ3v) is 3.26. The van der Waals surface area contributed by atoms with Crippen molar-refractivity contribution in [3.05, 3.63) is 52.0 Å². The summed E-state index contributed by atoms with van der Waals surface area (Å²) in [6.07, 6.45) is 0. The summed E-state index contributed by atoms with van der Waals surface area (Å²) in [6.45, 7) is 2.43. The maximum absolute atomic E-state index is 5.57. The zero-order valence-electron chi connectivity index (χ0n) is 9.97. The first-order valence-corrected chi connectivity index (χ1v) is 6.55. The van der Waals surface area contributed by atoms with Crippen LogP contribution in [-0.4, -0.2) is 16.9 Å². The van der Waals surface area contributed by atoms with Gasteiger partial charge in [0.15, 0.2) is 0 Å². The van der Waals surface area contributed by atoms with Crippen LogP contribution in [0.25, 0.3) is 0 Å². The molecular formula is C13H17N3S.